The fourth-order valence-corrected chi connectivity index (χ4v) is 2.31. The second-order valence-electron chi connectivity index (χ2n) is 3.50. The minimum absolute atomic E-state index is 0.271. The topological polar surface area (TPSA) is 84.1 Å². The molecule has 1 atom stereocenters. The normalized spacial score (nSPS) is 12.6. The lowest BCUT2D eigenvalue weighted by Gasteiger charge is -2.06. The van der Waals surface area contributed by atoms with E-state index >= 15 is 0 Å². The summed E-state index contributed by atoms with van der Waals surface area (Å²) >= 11 is 4.65. The molecule has 0 aliphatic carbocycles. The van der Waals surface area contributed by atoms with Gasteiger partial charge in [0.2, 0.25) is 5.16 Å². The van der Waals surface area contributed by atoms with E-state index in [1.165, 1.54) is 11.8 Å². The van der Waals surface area contributed by atoms with Crippen LogP contribution in [0.4, 0.5) is 0 Å². The van der Waals surface area contributed by atoms with Gasteiger partial charge in [-0.2, -0.15) is 4.68 Å². The summed E-state index contributed by atoms with van der Waals surface area (Å²) in [5.41, 5.74) is 0.837. The molecule has 8 heteroatoms. The zero-order valence-electron chi connectivity index (χ0n) is 9.27. The summed E-state index contributed by atoms with van der Waals surface area (Å²) in [6.45, 7) is -0.271. The minimum Gasteiger partial charge on any atom is -0.394 e. The summed E-state index contributed by atoms with van der Waals surface area (Å²) in [5.74, 6) is 0.341. The van der Waals surface area contributed by atoms with Crippen LogP contribution in [0.15, 0.2) is 33.9 Å². The lowest BCUT2D eigenvalue weighted by atomic mass is 10.3. The molecule has 0 amide bonds. The number of aromatic nitrogens is 4. The molecule has 1 aromatic heterocycles. The third-order valence-corrected chi connectivity index (χ3v) is 3.72. The molecule has 0 aliphatic rings. The monoisotopic (exact) mass is 330 g/mol. The quantitative estimate of drug-likeness (QED) is 0.791. The van der Waals surface area contributed by atoms with Crippen molar-refractivity contribution in [1.82, 2.24) is 20.2 Å². The summed E-state index contributed by atoms with van der Waals surface area (Å²) in [6, 6.07) is 7.56. The summed E-state index contributed by atoms with van der Waals surface area (Å²) in [7, 11) is 0. The largest absolute Gasteiger partial charge is 0.394 e. The maximum absolute atomic E-state index is 9.30. The molecule has 1 aromatic carbocycles. The van der Waals surface area contributed by atoms with Gasteiger partial charge in [-0.15, -0.1) is 5.10 Å². The van der Waals surface area contributed by atoms with Crippen molar-refractivity contribution in [2.24, 2.45) is 0 Å². The first-order valence-electron chi connectivity index (χ1n) is 5.16. The Morgan fingerprint density at radius 1 is 1.33 bits per heavy atom. The Balaban J connectivity index is 2.14. The second-order valence-corrected chi connectivity index (χ2v) is 5.40. The number of benzene rings is 1. The maximum atomic E-state index is 9.30. The highest BCUT2D eigenvalue weighted by Crippen LogP contribution is 2.20. The van der Waals surface area contributed by atoms with Crippen molar-refractivity contribution in [1.29, 1.82) is 0 Å². The number of tetrazole rings is 1. The van der Waals surface area contributed by atoms with E-state index in [2.05, 4.69) is 31.5 Å². The smallest absolute Gasteiger partial charge is 0.214 e. The van der Waals surface area contributed by atoms with Gasteiger partial charge in [-0.3, -0.25) is 0 Å². The van der Waals surface area contributed by atoms with Gasteiger partial charge in [0.05, 0.1) is 18.4 Å². The highest BCUT2D eigenvalue weighted by atomic mass is 79.9. The second kappa shape index (κ2) is 6.28. The van der Waals surface area contributed by atoms with Crippen molar-refractivity contribution in [3.63, 3.8) is 0 Å². The van der Waals surface area contributed by atoms with Gasteiger partial charge >= 0.3 is 0 Å². The molecule has 96 valence electrons. The lowest BCUT2D eigenvalue weighted by molar-refractivity contribution is 0.113. The molecular formula is C10H11BrN4O2S. The van der Waals surface area contributed by atoms with E-state index in [1.54, 1.807) is 4.68 Å². The number of rotatable bonds is 5. The van der Waals surface area contributed by atoms with Crippen LogP contribution in [0, 0.1) is 0 Å². The van der Waals surface area contributed by atoms with E-state index < -0.39 is 6.10 Å². The number of aliphatic hydroxyl groups is 2. The molecule has 0 bridgehead atoms. The Kier molecular flexibility index (Phi) is 4.70. The van der Waals surface area contributed by atoms with E-state index in [0.29, 0.717) is 10.9 Å². The predicted molar refractivity (Wildman–Crippen MR) is 70.7 cm³/mol. The van der Waals surface area contributed by atoms with Gasteiger partial charge in [-0.25, -0.2) is 0 Å². The van der Waals surface area contributed by atoms with Crippen LogP contribution in [0.25, 0.3) is 5.69 Å². The summed E-state index contributed by atoms with van der Waals surface area (Å²) in [6.07, 6.45) is -0.773. The molecule has 1 heterocycles. The summed E-state index contributed by atoms with van der Waals surface area (Å²) in [5, 5.41) is 30.0. The predicted octanol–water partition coefficient (Wildman–Crippen LogP) is 0.870. The first-order valence-corrected chi connectivity index (χ1v) is 6.94. The third-order valence-electron chi connectivity index (χ3n) is 2.13. The molecule has 6 nitrogen and oxygen atoms in total. The van der Waals surface area contributed by atoms with E-state index in [-0.39, 0.29) is 6.61 Å². The van der Waals surface area contributed by atoms with Crippen LogP contribution >= 0.6 is 27.7 Å². The van der Waals surface area contributed by atoms with E-state index in [0.717, 1.165) is 10.2 Å². The number of nitrogens with zero attached hydrogens (tertiary/aromatic N) is 4. The Morgan fingerprint density at radius 3 is 2.72 bits per heavy atom. The van der Waals surface area contributed by atoms with Gasteiger partial charge < -0.3 is 10.2 Å². The van der Waals surface area contributed by atoms with Crippen molar-refractivity contribution in [3.05, 3.63) is 28.7 Å². The van der Waals surface area contributed by atoms with Gasteiger partial charge in [-0.1, -0.05) is 27.7 Å². The summed E-state index contributed by atoms with van der Waals surface area (Å²) < 4.78 is 2.56. The Morgan fingerprint density at radius 2 is 2.06 bits per heavy atom. The number of hydrogen-bond acceptors (Lipinski definition) is 6. The fourth-order valence-electron chi connectivity index (χ4n) is 1.24. The SMILES string of the molecule is OCC(O)CSc1nnnn1-c1ccc(Br)cc1. The molecule has 0 radical (unpaired) electrons. The first-order chi connectivity index (χ1) is 8.70. The number of aliphatic hydroxyl groups excluding tert-OH is 2. The Bertz CT molecular complexity index is 505. The van der Waals surface area contributed by atoms with Crippen LogP contribution in [0.5, 0.6) is 0 Å². The van der Waals surface area contributed by atoms with Crippen molar-refractivity contribution >= 4 is 27.7 Å². The molecule has 2 N–H and O–H groups in total. The minimum atomic E-state index is -0.773. The van der Waals surface area contributed by atoms with Crippen LogP contribution in [0.1, 0.15) is 0 Å². The highest BCUT2D eigenvalue weighted by Gasteiger charge is 2.11. The van der Waals surface area contributed by atoms with E-state index in [9.17, 15) is 5.11 Å². The molecule has 2 rings (SSSR count). The summed E-state index contributed by atoms with van der Waals surface area (Å²) in [4.78, 5) is 0. The van der Waals surface area contributed by atoms with Gasteiger partial charge in [0.25, 0.3) is 0 Å². The molecule has 18 heavy (non-hydrogen) atoms. The zero-order chi connectivity index (χ0) is 13.0. The Hall–Kier alpha value is -0.960. The average Bonchev–Trinajstić information content (AvgIpc) is 2.85. The van der Waals surface area contributed by atoms with Crippen molar-refractivity contribution in [3.8, 4) is 5.69 Å². The van der Waals surface area contributed by atoms with Crippen LogP contribution in [-0.2, 0) is 0 Å². The van der Waals surface area contributed by atoms with Gasteiger partial charge in [-0.05, 0) is 34.7 Å². The zero-order valence-corrected chi connectivity index (χ0v) is 11.7. The van der Waals surface area contributed by atoms with E-state index in [1.807, 2.05) is 24.3 Å². The standard InChI is InChI=1S/C10H11BrN4O2S/c11-7-1-3-8(4-2-7)15-10(12-13-14-15)18-6-9(17)5-16/h1-4,9,16-17H,5-6H2. The molecule has 0 spiro atoms. The van der Waals surface area contributed by atoms with Gasteiger partial charge in [0.15, 0.2) is 0 Å². The van der Waals surface area contributed by atoms with Gasteiger partial charge in [0, 0.05) is 10.2 Å². The maximum Gasteiger partial charge on any atom is 0.214 e. The average molecular weight is 331 g/mol. The molecule has 0 fully saturated rings. The van der Waals surface area contributed by atoms with Crippen molar-refractivity contribution in [2.75, 3.05) is 12.4 Å². The number of halogens is 1. The molecule has 2 aromatic rings. The molecule has 0 saturated carbocycles. The molecule has 0 aliphatic heterocycles. The number of thioether (sulfide) groups is 1. The van der Waals surface area contributed by atoms with Gasteiger partial charge in [0.1, 0.15) is 0 Å². The molecular weight excluding hydrogens is 320 g/mol. The fraction of sp³-hybridized carbons (Fsp3) is 0.300. The van der Waals surface area contributed by atoms with Crippen LogP contribution in [0.2, 0.25) is 0 Å². The number of hydrogen-bond donors (Lipinski definition) is 2. The lowest BCUT2D eigenvalue weighted by Crippen LogP contribution is -2.15. The van der Waals surface area contributed by atoms with Crippen molar-refractivity contribution < 1.29 is 10.2 Å². The molecule has 1 unspecified atom stereocenters. The third kappa shape index (κ3) is 3.29. The van der Waals surface area contributed by atoms with Crippen LogP contribution in [0.3, 0.4) is 0 Å². The molecule has 0 saturated heterocycles. The van der Waals surface area contributed by atoms with Crippen LogP contribution in [-0.4, -0.2) is 48.9 Å². The first kappa shape index (κ1) is 13.5. The van der Waals surface area contributed by atoms with Crippen LogP contribution < -0.4 is 0 Å². The Labute approximate surface area is 116 Å². The highest BCUT2D eigenvalue weighted by molar-refractivity contribution is 9.10. The van der Waals surface area contributed by atoms with Crippen molar-refractivity contribution in [2.45, 2.75) is 11.3 Å². The van der Waals surface area contributed by atoms with E-state index in [4.69, 9.17) is 5.11 Å².